The zero-order valence-electron chi connectivity index (χ0n) is 14.0. The minimum atomic E-state index is -3.08. The minimum absolute atomic E-state index is 0.254. The van der Waals surface area contributed by atoms with Crippen LogP contribution < -0.4 is 5.32 Å². The third kappa shape index (κ3) is 7.56. The van der Waals surface area contributed by atoms with Gasteiger partial charge in [0.15, 0.2) is 0 Å². The number of rotatable bonds is 9. The summed E-state index contributed by atoms with van der Waals surface area (Å²) in [5.74, 6) is 0.254. The van der Waals surface area contributed by atoms with Crippen molar-refractivity contribution >= 4 is 10.0 Å². The van der Waals surface area contributed by atoms with E-state index in [2.05, 4.69) is 43.1 Å². The van der Waals surface area contributed by atoms with Crippen LogP contribution in [0, 0.1) is 0 Å². The Morgan fingerprint density at radius 1 is 1.14 bits per heavy atom. The summed E-state index contributed by atoms with van der Waals surface area (Å²) >= 11 is 0. The summed E-state index contributed by atoms with van der Waals surface area (Å²) in [6.45, 7) is 9.89. The fourth-order valence-corrected chi connectivity index (χ4v) is 3.83. The zero-order chi connectivity index (χ0) is 15.9. The molecule has 1 fully saturated rings. The van der Waals surface area contributed by atoms with E-state index in [1.165, 1.54) is 0 Å². The molecule has 0 saturated carbocycles. The van der Waals surface area contributed by atoms with E-state index in [1.807, 2.05) is 0 Å². The molecule has 1 N–H and O–H groups in total. The molecular formula is C14H32N4O2S. The monoisotopic (exact) mass is 320 g/mol. The van der Waals surface area contributed by atoms with Crippen LogP contribution in [0.3, 0.4) is 0 Å². The number of sulfonamides is 1. The predicted molar refractivity (Wildman–Crippen MR) is 88.1 cm³/mol. The fourth-order valence-electron chi connectivity index (χ4n) is 2.35. The van der Waals surface area contributed by atoms with E-state index in [9.17, 15) is 8.42 Å². The molecule has 7 heteroatoms. The summed E-state index contributed by atoms with van der Waals surface area (Å²) in [6.07, 6.45) is 0.682. The van der Waals surface area contributed by atoms with Crippen LogP contribution in [0.4, 0.5) is 0 Å². The Morgan fingerprint density at radius 3 is 2.29 bits per heavy atom. The van der Waals surface area contributed by atoms with Crippen molar-refractivity contribution in [1.82, 2.24) is 19.4 Å². The Labute approximate surface area is 130 Å². The third-order valence-electron chi connectivity index (χ3n) is 3.72. The molecule has 21 heavy (non-hydrogen) atoms. The first kappa shape index (κ1) is 18.8. The standard InChI is InChI=1S/C14H32N4O2S/c1-14(2)15-6-5-13-21(19,20)18-11-9-17(10-12-18)8-7-16(3)4/h14-15H,5-13H2,1-4H3. The highest BCUT2D eigenvalue weighted by Crippen LogP contribution is 2.09. The van der Waals surface area contributed by atoms with Crippen molar-refractivity contribution in [2.45, 2.75) is 26.3 Å². The molecule has 0 unspecified atom stereocenters. The SMILES string of the molecule is CC(C)NCCCS(=O)(=O)N1CCN(CCN(C)C)CC1. The predicted octanol–water partition coefficient (Wildman–Crippen LogP) is -0.116. The van der Waals surface area contributed by atoms with Gasteiger partial charge >= 0.3 is 0 Å². The molecule has 0 aromatic heterocycles. The van der Waals surface area contributed by atoms with Gasteiger partial charge in [-0.2, -0.15) is 4.31 Å². The number of likely N-dealkylation sites (N-methyl/N-ethyl adjacent to an activating group) is 1. The first-order valence-corrected chi connectivity index (χ1v) is 9.50. The van der Waals surface area contributed by atoms with Gasteiger partial charge in [0, 0.05) is 45.3 Å². The Balaban J connectivity index is 2.28. The minimum Gasteiger partial charge on any atom is -0.314 e. The number of hydrogen-bond donors (Lipinski definition) is 1. The Morgan fingerprint density at radius 2 is 1.76 bits per heavy atom. The molecule has 0 aliphatic carbocycles. The average Bonchev–Trinajstić information content (AvgIpc) is 2.41. The van der Waals surface area contributed by atoms with Crippen molar-refractivity contribution in [1.29, 1.82) is 0 Å². The van der Waals surface area contributed by atoms with Gasteiger partial charge in [-0.1, -0.05) is 13.8 Å². The van der Waals surface area contributed by atoms with Crippen LogP contribution >= 0.6 is 0 Å². The van der Waals surface area contributed by atoms with E-state index in [0.29, 0.717) is 25.6 Å². The van der Waals surface area contributed by atoms with E-state index >= 15 is 0 Å². The lowest BCUT2D eigenvalue weighted by molar-refractivity contribution is 0.174. The van der Waals surface area contributed by atoms with Crippen molar-refractivity contribution in [3.8, 4) is 0 Å². The smallest absolute Gasteiger partial charge is 0.214 e. The van der Waals surface area contributed by atoms with Gasteiger partial charge in [0.05, 0.1) is 5.75 Å². The second-order valence-corrected chi connectivity index (χ2v) is 8.41. The second kappa shape index (κ2) is 9.05. The summed E-state index contributed by atoms with van der Waals surface area (Å²) in [5.41, 5.74) is 0. The van der Waals surface area contributed by atoms with Gasteiger partial charge in [0.25, 0.3) is 0 Å². The van der Waals surface area contributed by atoms with Gasteiger partial charge in [-0.25, -0.2) is 8.42 Å². The van der Waals surface area contributed by atoms with Crippen molar-refractivity contribution in [3.05, 3.63) is 0 Å². The molecule has 0 spiro atoms. The Hall–Kier alpha value is -0.210. The number of nitrogens with one attached hydrogen (secondary N) is 1. The van der Waals surface area contributed by atoms with E-state index in [-0.39, 0.29) is 5.75 Å². The van der Waals surface area contributed by atoms with Gasteiger partial charge in [0.2, 0.25) is 10.0 Å². The third-order valence-corrected chi connectivity index (χ3v) is 5.68. The van der Waals surface area contributed by atoms with Gasteiger partial charge in [-0.3, -0.25) is 4.90 Å². The summed E-state index contributed by atoms with van der Waals surface area (Å²) in [6, 6.07) is 0.410. The summed E-state index contributed by atoms with van der Waals surface area (Å²) in [5, 5.41) is 3.26. The molecule has 126 valence electrons. The molecule has 0 radical (unpaired) electrons. The highest BCUT2D eigenvalue weighted by Gasteiger charge is 2.26. The lowest BCUT2D eigenvalue weighted by Gasteiger charge is -2.34. The molecular weight excluding hydrogens is 288 g/mol. The lowest BCUT2D eigenvalue weighted by Crippen LogP contribution is -2.50. The first-order valence-electron chi connectivity index (χ1n) is 7.89. The molecule has 1 aliphatic rings. The molecule has 1 aliphatic heterocycles. The largest absolute Gasteiger partial charge is 0.314 e. The molecule has 1 rings (SSSR count). The second-order valence-electron chi connectivity index (χ2n) is 6.32. The molecule has 0 aromatic carbocycles. The molecule has 0 bridgehead atoms. The van der Waals surface area contributed by atoms with Crippen molar-refractivity contribution in [2.75, 3.05) is 65.7 Å². The first-order chi connectivity index (χ1) is 9.81. The average molecular weight is 321 g/mol. The maximum absolute atomic E-state index is 12.3. The molecule has 0 aromatic rings. The van der Waals surface area contributed by atoms with Gasteiger partial charge in [0.1, 0.15) is 0 Å². The topological polar surface area (TPSA) is 55.9 Å². The lowest BCUT2D eigenvalue weighted by atomic mass is 10.3. The van der Waals surface area contributed by atoms with Crippen LogP contribution in [0.5, 0.6) is 0 Å². The molecule has 1 saturated heterocycles. The molecule has 1 heterocycles. The van der Waals surface area contributed by atoms with Crippen LogP contribution in [0.15, 0.2) is 0 Å². The van der Waals surface area contributed by atoms with Crippen LogP contribution in [0.1, 0.15) is 20.3 Å². The van der Waals surface area contributed by atoms with Gasteiger partial charge in [-0.15, -0.1) is 0 Å². The van der Waals surface area contributed by atoms with Crippen LogP contribution in [0.25, 0.3) is 0 Å². The summed E-state index contributed by atoms with van der Waals surface area (Å²) in [7, 11) is 1.04. The summed E-state index contributed by atoms with van der Waals surface area (Å²) < 4.78 is 26.2. The van der Waals surface area contributed by atoms with E-state index < -0.39 is 10.0 Å². The highest BCUT2D eigenvalue weighted by atomic mass is 32.2. The van der Waals surface area contributed by atoms with Crippen LogP contribution in [0.2, 0.25) is 0 Å². The highest BCUT2D eigenvalue weighted by molar-refractivity contribution is 7.89. The normalized spacial score (nSPS) is 18.8. The number of hydrogen-bond acceptors (Lipinski definition) is 5. The van der Waals surface area contributed by atoms with E-state index in [0.717, 1.165) is 32.7 Å². The summed E-state index contributed by atoms with van der Waals surface area (Å²) in [4.78, 5) is 4.50. The van der Waals surface area contributed by atoms with E-state index in [1.54, 1.807) is 4.31 Å². The number of nitrogens with zero attached hydrogens (tertiary/aromatic N) is 3. The maximum atomic E-state index is 12.3. The van der Waals surface area contributed by atoms with Crippen LogP contribution in [-0.2, 0) is 10.0 Å². The Bertz CT molecular complexity index is 376. The maximum Gasteiger partial charge on any atom is 0.214 e. The van der Waals surface area contributed by atoms with Crippen LogP contribution in [-0.4, -0.2) is 94.2 Å². The Kier molecular flexibility index (Phi) is 8.12. The fraction of sp³-hybridized carbons (Fsp3) is 1.00. The van der Waals surface area contributed by atoms with Gasteiger partial charge in [-0.05, 0) is 27.1 Å². The van der Waals surface area contributed by atoms with Crippen molar-refractivity contribution < 1.29 is 8.42 Å². The van der Waals surface area contributed by atoms with Crippen molar-refractivity contribution in [2.24, 2.45) is 0 Å². The zero-order valence-corrected chi connectivity index (χ0v) is 14.8. The quantitative estimate of drug-likeness (QED) is 0.601. The van der Waals surface area contributed by atoms with E-state index in [4.69, 9.17) is 0 Å². The van der Waals surface area contributed by atoms with Crippen molar-refractivity contribution in [3.63, 3.8) is 0 Å². The van der Waals surface area contributed by atoms with Gasteiger partial charge < -0.3 is 10.2 Å². The molecule has 0 atom stereocenters. The molecule has 0 amide bonds. The number of piperazine rings is 1. The molecule has 6 nitrogen and oxygen atoms in total.